The summed E-state index contributed by atoms with van der Waals surface area (Å²) in [6.45, 7) is 1.80. The van der Waals surface area contributed by atoms with Crippen LogP contribution in [0.15, 0.2) is 79.1 Å². The lowest BCUT2D eigenvalue weighted by atomic mass is 9.98. The van der Waals surface area contributed by atoms with Crippen molar-refractivity contribution < 1.29 is 17.6 Å². The van der Waals surface area contributed by atoms with Crippen LogP contribution in [0.25, 0.3) is 55.4 Å². The number of pyridine rings is 1. The van der Waals surface area contributed by atoms with Crippen LogP contribution < -0.4 is 5.32 Å². The number of sulfone groups is 1. The summed E-state index contributed by atoms with van der Waals surface area (Å²) in [5, 5.41) is 12.3. The normalized spacial score (nSPS) is 11.8. The molecular weight excluding hydrogens is 553 g/mol. The molecule has 42 heavy (non-hydrogen) atoms. The summed E-state index contributed by atoms with van der Waals surface area (Å²) < 4.78 is 38.0. The lowest BCUT2D eigenvalue weighted by molar-refractivity contribution is -0.115. The number of anilines is 1. The molecule has 3 aromatic carbocycles. The summed E-state index contributed by atoms with van der Waals surface area (Å²) >= 11 is 0. The summed E-state index contributed by atoms with van der Waals surface area (Å²) in [7, 11) is -3.17. The van der Waals surface area contributed by atoms with Gasteiger partial charge in [0.25, 0.3) is 0 Å². The molecule has 0 unspecified atom stereocenters. The maximum absolute atomic E-state index is 14.6. The number of nitrogens with one attached hydrogen (secondary N) is 3. The molecule has 0 radical (unpaired) electrons. The predicted octanol–water partition coefficient (Wildman–Crippen LogP) is 6.51. The number of hydrogen-bond donors (Lipinski definition) is 3. The zero-order valence-electron chi connectivity index (χ0n) is 23.0. The van der Waals surface area contributed by atoms with E-state index in [2.05, 4.69) is 25.5 Å². The van der Waals surface area contributed by atoms with Gasteiger partial charge in [-0.15, -0.1) is 0 Å². The summed E-state index contributed by atoms with van der Waals surface area (Å²) in [6, 6.07) is 20.3. The number of amides is 1. The third-order valence-corrected chi connectivity index (χ3v) is 8.13. The van der Waals surface area contributed by atoms with E-state index in [4.69, 9.17) is 0 Å². The fraction of sp³-hybridized carbons (Fsp3) is 0.156. The fourth-order valence-electron chi connectivity index (χ4n) is 5.10. The van der Waals surface area contributed by atoms with Crippen molar-refractivity contribution in [2.45, 2.75) is 19.8 Å². The Kier molecular flexibility index (Phi) is 7.07. The molecule has 1 amide bonds. The number of aryl methyl sites for hydroxylation is 1. The number of nitrogens with zero attached hydrogens (tertiary/aromatic N) is 2. The van der Waals surface area contributed by atoms with E-state index in [1.807, 2.05) is 54.6 Å². The Balaban J connectivity index is 1.39. The van der Waals surface area contributed by atoms with E-state index >= 15 is 0 Å². The predicted molar refractivity (Wildman–Crippen MR) is 164 cm³/mol. The lowest BCUT2D eigenvalue weighted by Crippen LogP contribution is -2.09. The molecule has 212 valence electrons. The molecule has 0 atom stereocenters. The molecule has 0 bridgehead atoms. The van der Waals surface area contributed by atoms with E-state index in [1.165, 1.54) is 18.4 Å². The number of rotatable bonds is 8. The highest BCUT2D eigenvalue weighted by atomic mass is 32.2. The van der Waals surface area contributed by atoms with Crippen molar-refractivity contribution in [3.05, 3.63) is 90.5 Å². The van der Waals surface area contributed by atoms with Crippen LogP contribution in [-0.4, -0.2) is 46.5 Å². The molecule has 8 nitrogen and oxygen atoms in total. The number of fused-ring (bicyclic) bond motifs is 2. The maximum Gasteiger partial charge on any atom is 0.224 e. The first-order valence-corrected chi connectivity index (χ1v) is 15.6. The van der Waals surface area contributed by atoms with Crippen molar-refractivity contribution in [1.82, 2.24) is 20.2 Å². The summed E-state index contributed by atoms with van der Waals surface area (Å²) in [4.78, 5) is 19.6. The lowest BCUT2D eigenvalue weighted by Gasteiger charge is -2.08. The van der Waals surface area contributed by atoms with Crippen LogP contribution in [0.4, 0.5) is 10.1 Å². The first-order chi connectivity index (χ1) is 20.2. The van der Waals surface area contributed by atoms with Gasteiger partial charge in [0.2, 0.25) is 5.91 Å². The van der Waals surface area contributed by atoms with E-state index in [1.54, 1.807) is 19.3 Å². The highest BCUT2D eigenvalue weighted by molar-refractivity contribution is 7.90. The first kappa shape index (κ1) is 27.3. The Morgan fingerprint density at radius 2 is 1.79 bits per heavy atom. The maximum atomic E-state index is 14.6. The van der Waals surface area contributed by atoms with Crippen molar-refractivity contribution in [2.75, 3.05) is 17.3 Å². The van der Waals surface area contributed by atoms with E-state index in [9.17, 15) is 17.6 Å². The molecular formula is C32H28FN5O3S. The monoisotopic (exact) mass is 581 g/mol. The largest absolute Gasteiger partial charge is 0.353 e. The van der Waals surface area contributed by atoms with Gasteiger partial charge in [0.15, 0.2) is 0 Å². The number of aromatic amines is 2. The number of halogens is 1. The Morgan fingerprint density at radius 1 is 0.929 bits per heavy atom. The highest BCUT2D eigenvalue weighted by Crippen LogP contribution is 2.36. The summed E-state index contributed by atoms with van der Waals surface area (Å²) in [5.74, 6) is -0.540. The smallest absolute Gasteiger partial charge is 0.224 e. The molecule has 0 aliphatic heterocycles. The number of benzene rings is 3. The molecule has 3 N–H and O–H groups in total. The van der Waals surface area contributed by atoms with Gasteiger partial charge in [-0.25, -0.2) is 12.8 Å². The molecule has 3 aromatic heterocycles. The Labute approximate surface area is 241 Å². The number of aromatic nitrogens is 4. The van der Waals surface area contributed by atoms with Gasteiger partial charge in [-0.1, -0.05) is 31.2 Å². The molecule has 6 aromatic rings. The van der Waals surface area contributed by atoms with Crippen LogP contribution in [0.1, 0.15) is 18.9 Å². The van der Waals surface area contributed by atoms with E-state index in [0.717, 1.165) is 49.9 Å². The van der Waals surface area contributed by atoms with Crippen LogP contribution >= 0.6 is 0 Å². The van der Waals surface area contributed by atoms with E-state index in [0.29, 0.717) is 23.2 Å². The molecule has 6 rings (SSSR count). The minimum atomic E-state index is -3.17. The molecule has 0 aliphatic rings. The highest BCUT2D eigenvalue weighted by Gasteiger charge is 2.16. The van der Waals surface area contributed by atoms with Crippen LogP contribution in [0.2, 0.25) is 0 Å². The fourth-order valence-corrected chi connectivity index (χ4v) is 5.71. The number of hydrogen-bond acceptors (Lipinski definition) is 5. The molecule has 0 saturated carbocycles. The first-order valence-electron chi connectivity index (χ1n) is 13.5. The van der Waals surface area contributed by atoms with Crippen molar-refractivity contribution in [1.29, 1.82) is 0 Å². The van der Waals surface area contributed by atoms with Gasteiger partial charge < -0.3 is 10.3 Å². The topological polar surface area (TPSA) is 121 Å². The Bertz CT molecular complexity index is 2080. The van der Waals surface area contributed by atoms with Crippen molar-refractivity contribution in [2.24, 2.45) is 0 Å². The average Bonchev–Trinajstić information content (AvgIpc) is 3.59. The summed E-state index contributed by atoms with van der Waals surface area (Å²) in [6.07, 6.45) is 5.17. The van der Waals surface area contributed by atoms with E-state index < -0.39 is 15.7 Å². The van der Waals surface area contributed by atoms with Gasteiger partial charge >= 0.3 is 0 Å². The van der Waals surface area contributed by atoms with Gasteiger partial charge in [0.05, 0.1) is 28.8 Å². The molecule has 10 heteroatoms. The zero-order valence-corrected chi connectivity index (χ0v) is 23.8. The van der Waals surface area contributed by atoms with Crippen LogP contribution in [0.3, 0.4) is 0 Å². The van der Waals surface area contributed by atoms with Crippen LogP contribution in [0, 0.1) is 5.82 Å². The third kappa shape index (κ3) is 5.66. The van der Waals surface area contributed by atoms with Gasteiger partial charge in [0.1, 0.15) is 21.3 Å². The summed E-state index contributed by atoms with van der Waals surface area (Å²) in [5.41, 5.74) is 7.77. The molecule has 0 fully saturated rings. The van der Waals surface area contributed by atoms with Crippen molar-refractivity contribution >= 4 is 43.2 Å². The Hall–Kier alpha value is -4.83. The second-order valence-corrected chi connectivity index (χ2v) is 12.6. The average molecular weight is 582 g/mol. The molecule has 0 spiro atoms. The Morgan fingerprint density at radius 3 is 2.60 bits per heavy atom. The number of carbonyl (C=O) groups excluding carboxylic acids is 1. The van der Waals surface area contributed by atoms with Crippen LogP contribution in [0.5, 0.6) is 0 Å². The number of carbonyl (C=O) groups is 1. The minimum Gasteiger partial charge on any atom is -0.353 e. The van der Waals surface area contributed by atoms with Gasteiger partial charge in [-0.3, -0.25) is 14.9 Å². The molecule has 3 heterocycles. The molecule has 0 saturated heterocycles. The van der Waals surface area contributed by atoms with Gasteiger partial charge in [-0.2, -0.15) is 5.10 Å². The minimum absolute atomic E-state index is 0.0453. The van der Waals surface area contributed by atoms with Gasteiger partial charge in [-0.05, 0) is 71.1 Å². The quantitative estimate of drug-likeness (QED) is 0.189. The van der Waals surface area contributed by atoms with E-state index in [-0.39, 0.29) is 18.1 Å². The van der Waals surface area contributed by atoms with Crippen molar-refractivity contribution in [3.8, 4) is 33.6 Å². The standard InChI is InChI=1S/C32H28FN5O3S/c1-3-31(39)35-24-14-22(17-34-18-24)20-7-8-29-27(15-20)32(38-37-29)30-16-26-25(5-4-6-28(26)36-30)21-11-19(12-23(33)13-21)9-10-42(2,40)41/h4-8,11-18,36H,3,9-10H2,1-2H3,(H,35,39)(H,37,38). The molecule has 0 aliphatic carbocycles. The zero-order chi connectivity index (χ0) is 29.4. The SMILES string of the molecule is CCC(=O)Nc1cncc(-c2ccc3[nH]nc(-c4cc5c(-c6cc(F)cc(CCS(C)(=O)=O)c6)cccc5[nH]4)c3c2)c1. The van der Waals surface area contributed by atoms with Crippen LogP contribution in [-0.2, 0) is 21.1 Å². The van der Waals surface area contributed by atoms with Crippen molar-refractivity contribution in [3.63, 3.8) is 0 Å². The van der Waals surface area contributed by atoms with Gasteiger partial charge in [0, 0.05) is 40.7 Å². The second-order valence-electron chi connectivity index (χ2n) is 10.4. The second kappa shape index (κ2) is 10.9. The number of H-pyrrole nitrogens is 2. The third-order valence-electron chi connectivity index (χ3n) is 7.19.